The molecule has 21 heavy (non-hydrogen) atoms. The standard InChI is InChI=1S/C16H13ClFNO2/c1-10(20)14-5-4-13(18)7-16(14)21-9-12-3-2-11(8-19)6-15(12)17/h2-7,10,20H,9H2,1H3. The Kier molecular flexibility index (Phi) is 4.79. The normalized spacial score (nSPS) is 11.8. The average molecular weight is 306 g/mol. The van der Waals surface area contributed by atoms with Gasteiger partial charge in [0, 0.05) is 22.2 Å². The van der Waals surface area contributed by atoms with E-state index in [1.165, 1.54) is 18.2 Å². The van der Waals surface area contributed by atoms with E-state index in [1.54, 1.807) is 25.1 Å². The number of nitriles is 1. The van der Waals surface area contributed by atoms with Gasteiger partial charge in [0.1, 0.15) is 18.2 Å². The molecule has 2 aromatic carbocycles. The second kappa shape index (κ2) is 6.57. The first kappa shape index (κ1) is 15.3. The molecule has 108 valence electrons. The zero-order chi connectivity index (χ0) is 15.4. The molecule has 0 aromatic heterocycles. The molecule has 0 aliphatic heterocycles. The summed E-state index contributed by atoms with van der Waals surface area (Å²) >= 11 is 6.05. The first-order chi connectivity index (χ1) is 10.0. The Morgan fingerprint density at radius 1 is 1.33 bits per heavy atom. The van der Waals surface area contributed by atoms with E-state index < -0.39 is 11.9 Å². The number of hydrogen-bond acceptors (Lipinski definition) is 3. The third-order valence-electron chi connectivity index (χ3n) is 2.99. The molecule has 0 radical (unpaired) electrons. The molecule has 1 N–H and O–H groups in total. The highest BCUT2D eigenvalue weighted by Crippen LogP contribution is 2.28. The van der Waals surface area contributed by atoms with Crippen LogP contribution in [0.4, 0.5) is 4.39 Å². The van der Waals surface area contributed by atoms with Gasteiger partial charge < -0.3 is 9.84 Å². The van der Waals surface area contributed by atoms with Gasteiger partial charge in [0.25, 0.3) is 0 Å². The lowest BCUT2D eigenvalue weighted by molar-refractivity contribution is 0.190. The fraction of sp³-hybridized carbons (Fsp3) is 0.188. The predicted octanol–water partition coefficient (Wildman–Crippen LogP) is 3.98. The number of aliphatic hydroxyl groups is 1. The van der Waals surface area contributed by atoms with E-state index in [0.717, 1.165) is 0 Å². The van der Waals surface area contributed by atoms with E-state index in [2.05, 4.69) is 0 Å². The molecule has 2 rings (SSSR count). The second-order valence-corrected chi connectivity index (χ2v) is 4.97. The van der Waals surface area contributed by atoms with Crippen LogP contribution >= 0.6 is 11.6 Å². The minimum atomic E-state index is -0.767. The number of nitrogens with zero attached hydrogens (tertiary/aromatic N) is 1. The lowest BCUT2D eigenvalue weighted by Gasteiger charge is -2.14. The highest BCUT2D eigenvalue weighted by atomic mass is 35.5. The summed E-state index contributed by atoms with van der Waals surface area (Å²) in [6.07, 6.45) is -0.767. The van der Waals surface area contributed by atoms with Gasteiger partial charge in [0.15, 0.2) is 0 Å². The molecule has 5 heteroatoms. The van der Waals surface area contributed by atoms with E-state index in [9.17, 15) is 9.50 Å². The van der Waals surface area contributed by atoms with Crippen LogP contribution in [0.1, 0.15) is 29.7 Å². The summed E-state index contributed by atoms with van der Waals surface area (Å²) in [7, 11) is 0. The number of rotatable bonds is 4. The molecular formula is C16H13ClFNO2. The third-order valence-corrected chi connectivity index (χ3v) is 3.34. The Hall–Kier alpha value is -2.09. The number of hydrogen-bond donors (Lipinski definition) is 1. The molecule has 0 saturated carbocycles. The van der Waals surface area contributed by atoms with Crippen molar-refractivity contribution in [2.75, 3.05) is 0 Å². The molecule has 0 saturated heterocycles. The van der Waals surface area contributed by atoms with Gasteiger partial charge in [0.2, 0.25) is 0 Å². The molecule has 1 unspecified atom stereocenters. The van der Waals surface area contributed by atoms with Crippen LogP contribution in [0.15, 0.2) is 36.4 Å². The van der Waals surface area contributed by atoms with Gasteiger partial charge in [-0.05, 0) is 31.2 Å². The van der Waals surface area contributed by atoms with Crippen LogP contribution in [0, 0.1) is 17.1 Å². The minimum absolute atomic E-state index is 0.119. The zero-order valence-electron chi connectivity index (χ0n) is 11.3. The summed E-state index contributed by atoms with van der Waals surface area (Å²) in [6, 6.07) is 10.8. The maximum absolute atomic E-state index is 13.3. The summed E-state index contributed by atoms with van der Waals surface area (Å²) in [5.41, 5.74) is 1.64. The minimum Gasteiger partial charge on any atom is -0.488 e. The molecule has 2 aromatic rings. The van der Waals surface area contributed by atoms with E-state index in [1.807, 2.05) is 6.07 Å². The smallest absolute Gasteiger partial charge is 0.128 e. The molecule has 0 aliphatic carbocycles. The monoisotopic (exact) mass is 305 g/mol. The van der Waals surface area contributed by atoms with E-state index in [-0.39, 0.29) is 12.4 Å². The molecule has 0 fully saturated rings. The fourth-order valence-corrected chi connectivity index (χ4v) is 2.10. The van der Waals surface area contributed by atoms with E-state index in [4.69, 9.17) is 21.6 Å². The average Bonchev–Trinajstić information content (AvgIpc) is 2.45. The Balaban J connectivity index is 2.20. The molecule has 0 spiro atoms. The van der Waals surface area contributed by atoms with E-state index >= 15 is 0 Å². The maximum atomic E-state index is 13.3. The number of ether oxygens (including phenoxy) is 1. The second-order valence-electron chi connectivity index (χ2n) is 4.56. The predicted molar refractivity (Wildman–Crippen MR) is 77.5 cm³/mol. The Morgan fingerprint density at radius 2 is 2.10 bits per heavy atom. The largest absolute Gasteiger partial charge is 0.488 e. The van der Waals surface area contributed by atoms with E-state index in [0.29, 0.717) is 21.7 Å². The first-order valence-corrected chi connectivity index (χ1v) is 6.68. The zero-order valence-corrected chi connectivity index (χ0v) is 12.1. The van der Waals surface area contributed by atoms with Crippen molar-refractivity contribution in [1.82, 2.24) is 0 Å². The van der Waals surface area contributed by atoms with Crippen molar-refractivity contribution in [3.05, 3.63) is 63.9 Å². The van der Waals surface area contributed by atoms with Crippen molar-refractivity contribution in [2.24, 2.45) is 0 Å². The molecule has 3 nitrogen and oxygen atoms in total. The topological polar surface area (TPSA) is 53.2 Å². The molecule has 0 amide bonds. The van der Waals surface area contributed by atoms with Gasteiger partial charge in [-0.1, -0.05) is 17.7 Å². The van der Waals surface area contributed by atoms with Crippen LogP contribution in [0.2, 0.25) is 5.02 Å². The lowest BCUT2D eigenvalue weighted by atomic mass is 10.1. The molecular weight excluding hydrogens is 293 g/mol. The van der Waals surface area contributed by atoms with Crippen molar-refractivity contribution in [2.45, 2.75) is 19.6 Å². The van der Waals surface area contributed by atoms with Crippen molar-refractivity contribution in [3.63, 3.8) is 0 Å². The number of benzene rings is 2. The van der Waals surface area contributed by atoms with Crippen LogP contribution in [0.5, 0.6) is 5.75 Å². The van der Waals surface area contributed by atoms with Crippen molar-refractivity contribution in [1.29, 1.82) is 5.26 Å². The summed E-state index contributed by atoms with van der Waals surface area (Å²) in [5.74, 6) is -0.175. The Morgan fingerprint density at radius 3 is 2.71 bits per heavy atom. The highest BCUT2D eigenvalue weighted by Gasteiger charge is 2.11. The Bertz CT molecular complexity index is 695. The third kappa shape index (κ3) is 3.72. The van der Waals surface area contributed by atoms with Crippen LogP contribution in [-0.2, 0) is 6.61 Å². The molecule has 0 heterocycles. The van der Waals surface area contributed by atoms with Gasteiger partial charge in [-0.3, -0.25) is 0 Å². The van der Waals surface area contributed by atoms with Gasteiger partial charge in [-0.15, -0.1) is 0 Å². The van der Waals surface area contributed by atoms with Crippen molar-refractivity contribution >= 4 is 11.6 Å². The SMILES string of the molecule is CC(O)c1ccc(F)cc1OCc1ccc(C#N)cc1Cl. The number of halogens is 2. The molecule has 0 aliphatic rings. The summed E-state index contributed by atoms with van der Waals surface area (Å²) in [6.45, 7) is 1.70. The quantitative estimate of drug-likeness (QED) is 0.929. The Labute approximate surface area is 127 Å². The van der Waals surface area contributed by atoms with Crippen molar-refractivity contribution < 1.29 is 14.2 Å². The summed E-state index contributed by atoms with van der Waals surface area (Å²) in [5, 5.41) is 18.8. The lowest BCUT2D eigenvalue weighted by Crippen LogP contribution is -2.02. The highest BCUT2D eigenvalue weighted by molar-refractivity contribution is 6.31. The number of aliphatic hydroxyl groups excluding tert-OH is 1. The van der Waals surface area contributed by atoms with Gasteiger partial charge in [0.05, 0.1) is 17.7 Å². The van der Waals surface area contributed by atoms with Crippen LogP contribution in [0.25, 0.3) is 0 Å². The van der Waals surface area contributed by atoms with Crippen LogP contribution in [0.3, 0.4) is 0 Å². The maximum Gasteiger partial charge on any atom is 0.128 e. The van der Waals surface area contributed by atoms with Gasteiger partial charge >= 0.3 is 0 Å². The molecule has 0 bridgehead atoms. The molecule has 1 atom stereocenters. The van der Waals surface area contributed by atoms with Gasteiger partial charge in [-0.25, -0.2) is 4.39 Å². The van der Waals surface area contributed by atoms with Crippen LogP contribution < -0.4 is 4.74 Å². The first-order valence-electron chi connectivity index (χ1n) is 6.30. The van der Waals surface area contributed by atoms with Gasteiger partial charge in [-0.2, -0.15) is 5.26 Å². The van der Waals surface area contributed by atoms with Crippen LogP contribution in [-0.4, -0.2) is 5.11 Å². The fourth-order valence-electron chi connectivity index (χ4n) is 1.87. The summed E-state index contributed by atoms with van der Waals surface area (Å²) in [4.78, 5) is 0. The summed E-state index contributed by atoms with van der Waals surface area (Å²) < 4.78 is 18.8. The van der Waals surface area contributed by atoms with Crippen molar-refractivity contribution in [3.8, 4) is 11.8 Å².